The highest BCUT2D eigenvalue weighted by atomic mass is 35.5. The summed E-state index contributed by atoms with van der Waals surface area (Å²) in [6.45, 7) is 1.89. The van der Waals surface area contributed by atoms with E-state index in [0.717, 1.165) is 36.3 Å². The standard InChI is InChI=1S/C23H19ClN2O/c1-26-11-10-17-18(13-26)23(15-7-9-21(27)19(24)12-15)25-20-8-6-14-4-2-3-5-16(14)22(17)20/h2-9,12,27H,10-11,13H2,1H3. The van der Waals surface area contributed by atoms with E-state index in [2.05, 4.69) is 48.3 Å². The lowest BCUT2D eigenvalue weighted by Crippen LogP contribution is -2.27. The number of halogens is 1. The molecule has 4 heteroatoms. The molecule has 5 rings (SSSR count). The number of rotatable bonds is 1. The molecule has 0 aliphatic carbocycles. The average Bonchev–Trinajstić information content (AvgIpc) is 2.69. The van der Waals surface area contributed by atoms with Crippen molar-refractivity contribution < 1.29 is 5.11 Å². The molecular weight excluding hydrogens is 356 g/mol. The fourth-order valence-corrected chi connectivity index (χ4v) is 4.32. The van der Waals surface area contributed by atoms with Crippen molar-refractivity contribution in [2.24, 2.45) is 0 Å². The molecule has 134 valence electrons. The van der Waals surface area contributed by atoms with E-state index in [9.17, 15) is 5.11 Å². The second-order valence-corrected chi connectivity index (χ2v) is 7.66. The molecule has 0 fully saturated rings. The molecule has 1 aliphatic heterocycles. The van der Waals surface area contributed by atoms with E-state index in [4.69, 9.17) is 16.6 Å². The lowest BCUT2D eigenvalue weighted by molar-refractivity contribution is 0.314. The Kier molecular flexibility index (Phi) is 3.81. The first-order valence-electron chi connectivity index (χ1n) is 9.12. The van der Waals surface area contributed by atoms with E-state index in [1.807, 2.05) is 6.07 Å². The van der Waals surface area contributed by atoms with E-state index in [1.54, 1.807) is 12.1 Å². The van der Waals surface area contributed by atoms with Crippen LogP contribution in [0, 0.1) is 0 Å². The average molecular weight is 375 g/mol. The van der Waals surface area contributed by atoms with E-state index in [-0.39, 0.29) is 5.75 Å². The Bertz CT molecular complexity index is 1200. The maximum absolute atomic E-state index is 9.80. The van der Waals surface area contributed by atoms with Gasteiger partial charge in [-0.3, -0.25) is 0 Å². The highest BCUT2D eigenvalue weighted by Crippen LogP contribution is 2.38. The van der Waals surface area contributed by atoms with Crippen LogP contribution in [-0.2, 0) is 13.0 Å². The monoisotopic (exact) mass is 374 g/mol. The first kappa shape index (κ1) is 16.5. The fraction of sp³-hybridized carbons (Fsp3) is 0.174. The third-order valence-electron chi connectivity index (χ3n) is 5.48. The maximum atomic E-state index is 9.80. The largest absolute Gasteiger partial charge is 0.506 e. The predicted molar refractivity (Wildman–Crippen MR) is 111 cm³/mol. The topological polar surface area (TPSA) is 36.4 Å². The van der Waals surface area contributed by atoms with E-state index in [0.29, 0.717) is 5.02 Å². The Morgan fingerprint density at radius 1 is 1.04 bits per heavy atom. The van der Waals surface area contributed by atoms with Crippen molar-refractivity contribution in [3.05, 3.63) is 70.7 Å². The molecule has 0 amide bonds. The third-order valence-corrected chi connectivity index (χ3v) is 5.79. The van der Waals surface area contributed by atoms with E-state index >= 15 is 0 Å². The van der Waals surface area contributed by atoms with Gasteiger partial charge in [0, 0.05) is 24.0 Å². The predicted octanol–water partition coefficient (Wildman–Crippen LogP) is 5.40. The smallest absolute Gasteiger partial charge is 0.134 e. The van der Waals surface area contributed by atoms with Gasteiger partial charge in [-0.1, -0.05) is 41.9 Å². The molecule has 0 atom stereocenters. The Labute approximate surface area is 162 Å². The highest BCUT2D eigenvalue weighted by molar-refractivity contribution is 6.32. The Balaban J connectivity index is 1.88. The Morgan fingerprint density at radius 2 is 1.89 bits per heavy atom. The van der Waals surface area contributed by atoms with Crippen LogP contribution < -0.4 is 0 Å². The molecule has 3 aromatic carbocycles. The van der Waals surface area contributed by atoms with Crippen LogP contribution in [0.4, 0.5) is 0 Å². The fourth-order valence-electron chi connectivity index (χ4n) is 4.14. The van der Waals surface area contributed by atoms with Crippen LogP contribution in [0.25, 0.3) is 32.9 Å². The molecule has 2 heterocycles. The number of benzene rings is 3. The van der Waals surface area contributed by atoms with Crippen molar-refractivity contribution in [1.82, 2.24) is 9.88 Å². The number of aromatic hydroxyl groups is 1. The highest BCUT2D eigenvalue weighted by Gasteiger charge is 2.23. The van der Waals surface area contributed by atoms with Crippen LogP contribution in [0.15, 0.2) is 54.6 Å². The van der Waals surface area contributed by atoms with Gasteiger partial charge in [0.1, 0.15) is 5.75 Å². The molecule has 27 heavy (non-hydrogen) atoms. The minimum Gasteiger partial charge on any atom is -0.506 e. The summed E-state index contributed by atoms with van der Waals surface area (Å²) < 4.78 is 0. The molecule has 0 bridgehead atoms. The second-order valence-electron chi connectivity index (χ2n) is 7.25. The van der Waals surface area contributed by atoms with Crippen LogP contribution >= 0.6 is 11.6 Å². The van der Waals surface area contributed by atoms with Crippen molar-refractivity contribution in [3.63, 3.8) is 0 Å². The summed E-state index contributed by atoms with van der Waals surface area (Å²) in [6, 6.07) is 18.1. The summed E-state index contributed by atoms with van der Waals surface area (Å²) in [5.74, 6) is 0.0955. The second kappa shape index (κ2) is 6.22. The molecule has 0 unspecified atom stereocenters. The molecule has 0 radical (unpaired) electrons. The molecule has 1 N–H and O–H groups in total. The summed E-state index contributed by atoms with van der Waals surface area (Å²) in [5, 5.41) is 13.9. The lowest BCUT2D eigenvalue weighted by Gasteiger charge is -2.28. The summed E-state index contributed by atoms with van der Waals surface area (Å²) in [4.78, 5) is 7.37. The Morgan fingerprint density at radius 3 is 2.74 bits per heavy atom. The van der Waals surface area contributed by atoms with Crippen molar-refractivity contribution >= 4 is 33.3 Å². The minimum atomic E-state index is 0.0955. The van der Waals surface area contributed by atoms with Crippen LogP contribution in [0.1, 0.15) is 11.1 Å². The van der Waals surface area contributed by atoms with Crippen LogP contribution in [-0.4, -0.2) is 28.6 Å². The van der Waals surface area contributed by atoms with Gasteiger partial charge in [-0.25, -0.2) is 4.98 Å². The van der Waals surface area contributed by atoms with Crippen molar-refractivity contribution in [3.8, 4) is 17.0 Å². The molecule has 0 spiro atoms. The normalized spacial score (nSPS) is 14.6. The van der Waals surface area contributed by atoms with Crippen molar-refractivity contribution in [2.75, 3.05) is 13.6 Å². The number of phenols is 1. The number of fused-ring (bicyclic) bond motifs is 5. The third kappa shape index (κ3) is 2.66. The SMILES string of the molecule is CN1CCc2c(c(-c3ccc(O)c(Cl)c3)nc3ccc4ccccc4c23)C1. The number of phenolic OH excluding ortho intramolecular Hbond substituents is 1. The zero-order valence-corrected chi connectivity index (χ0v) is 15.8. The molecule has 1 aliphatic rings. The van der Waals surface area contributed by atoms with Gasteiger partial charge in [-0.2, -0.15) is 0 Å². The molecule has 3 nitrogen and oxygen atoms in total. The van der Waals surface area contributed by atoms with Gasteiger partial charge in [0.05, 0.1) is 16.2 Å². The minimum absolute atomic E-state index is 0.0955. The molecular formula is C23H19ClN2O. The molecule has 0 saturated heterocycles. The van der Waals surface area contributed by atoms with E-state index in [1.165, 1.54) is 27.3 Å². The number of pyridine rings is 1. The Hall–Kier alpha value is -2.62. The zero-order chi connectivity index (χ0) is 18.5. The summed E-state index contributed by atoms with van der Waals surface area (Å²) in [6.07, 6.45) is 0.998. The van der Waals surface area contributed by atoms with E-state index < -0.39 is 0 Å². The lowest BCUT2D eigenvalue weighted by atomic mass is 9.89. The van der Waals surface area contributed by atoms with Gasteiger partial charge >= 0.3 is 0 Å². The summed E-state index contributed by atoms with van der Waals surface area (Å²) >= 11 is 6.18. The number of hydrogen-bond donors (Lipinski definition) is 1. The first-order valence-corrected chi connectivity index (χ1v) is 9.50. The van der Waals surface area contributed by atoms with Gasteiger partial charge in [0.25, 0.3) is 0 Å². The van der Waals surface area contributed by atoms with Crippen LogP contribution in [0.5, 0.6) is 5.75 Å². The number of nitrogens with zero attached hydrogens (tertiary/aromatic N) is 2. The quantitative estimate of drug-likeness (QED) is 0.453. The van der Waals surface area contributed by atoms with Crippen molar-refractivity contribution in [1.29, 1.82) is 0 Å². The molecule has 4 aromatic rings. The van der Waals surface area contributed by atoms with Gasteiger partial charge in [-0.15, -0.1) is 0 Å². The molecule has 0 saturated carbocycles. The van der Waals surface area contributed by atoms with Crippen molar-refractivity contribution in [2.45, 2.75) is 13.0 Å². The van der Waals surface area contributed by atoms with Crippen LogP contribution in [0.2, 0.25) is 5.02 Å². The van der Waals surface area contributed by atoms with Crippen LogP contribution in [0.3, 0.4) is 0 Å². The van der Waals surface area contributed by atoms with Gasteiger partial charge in [0.2, 0.25) is 0 Å². The summed E-state index contributed by atoms with van der Waals surface area (Å²) in [5.41, 5.74) is 5.56. The summed E-state index contributed by atoms with van der Waals surface area (Å²) in [7, 11) is 2.14. The number of hydrogen-bond acceptors (Lipinski definition) is 3. The van der Waals surface area contributed by atoms with Gasteiger partial charge < -0.3 is 10.0 Å². The van der Waals surface area contributed by atoms with Gasteiger partial charge in [-0.05, 0) is 59.6 Å². The zero-order valence-electron chi connectivity index (χ0n) is 15.0. The number of likely N-dealkylation sites (N-methyl/N-ethyl adjacent to an activating group) is 1. The molecule has 1 aromatic heterocycles. The van der Waals surface area contributed by atoms with Gasteiger partial charge in [0.15, 0.2) is 0 Å². The maximum Gasteiger partial charge on any atom is 0.134 e. The number of aromatic nitrogens is 1. The first-order chi connectivity index (χ1) is 13.1.